The van der Waals surface area contributed by atoms with E-state index >= 15 is 0 Å². The maximum absolute atomic E-state index is 13.2. The normalized spacial score (nSPS) is 21.8. The molecule has 0 aliphatic carbocycles. The van der Waals surface area contributed by atoms with Crippen molar-refractivity contribution in [1.29, 1.82) is 0 Å². The van der Waals surface area contributed by atoms with Crippen LogP contribution in [0.4, 0.5) is 13.2 Å². The van der Waals surface area contributed by atoms with Crippen molar-refractivity contribution in [2.24, 2.45) is 0 Å². The summed E-state index contributed by atoms with van der Waals surface area (Å²) >= 11 is 0. The number of likely N-dealkylation sites (N-methyl/N-ethyl adjacent to an activating group) is 1. The molecule has 1 saturated heterocycles. The lowest BCUT2D eigenvalue weighted by Crippen LogP contribution is -2.61. The zero-order valence-electron chi connectivity index (χ0n) is 11.7. The average molecular weight is 317 g/mol. The monoisotopic (exact) mass is 317 g/mol. The number of likely N-dealkylation sites (tertiary alicyclic amines) is 1. The van der Waals surface area contributed by atoms with E-state index in [1.54, 1.807) is 6.92 Å². The predicted molar refractivity (Wildman–Crippen MR) is 68.8 cm³/mol. The predicted octanol–water partition coefficient (Wildman–Crippen LogP) is 1.95. The third kappa shape index (κ3) is 2.60. The Labute approximate surface area is 124 Å². The van der Waals surface area contributed by atoms with Crippen LogP contribution < -0.4 is 4.74 Å². The summed E-state index contributed by atoms with van der Waals surface area (Å²) in [6.45, 7) is 2.33. The van der Waals surface area contributed by atoms with Crippen molar-refractivity contribution >= 4 is 11.9 Å². The second kappa shape index (κ2) is 5.86. The topological polar surface area (TPSA) is 66.8 Å². The first-order valence-electron chi connectivity index (χ1n) is 6.68. The highest BCUT2D eigenvalue weighted by molar-refractivity contribution is 6.06. The number of carboxylic acids is 1. The van der Waals surface area contributed by atoms with Gasteiger partial charge >= 0.3 is 5.97 Å². The molecule has 1 aliphatic rings. The first-order chi connectivity index (χ1) is 10.3. The number of hydrogen-bond donors (Lipinski definition) is 1. The number of ether oxygens (including phenoxy) is 1. The van der Waals surface area contributed by atoms with Gasteiger partial charge in [0.15, 0.2) is 17.5 Å². The third-order valence-electron chi connectivity index (χ3n) is 3.57. The minimum atomic E-state index is -2.26. The number of hydrogen-bond acceptors (Lipinski definition) is 3. The van der Waals surface area contributed by atoms with Gasteiger partial charge in [0.05, 0.1) is 0 Å². The van der Waals surface area contributed by atoms with Gasteiger partial charge in [-0.1, -0.05) is 0 Å². The fourth-order valence-corrected chi connectivity index (χ4v) is 2.41. The molecule has 0 bridgehead atoms. The van der Waals surface area contributed by atoms with Crippen LogP contribution in [0.15, 0.2) is 12.1 Å². The Morgan fingerprint density at radius 1 is 1.36 bits per heavy atom. The Kier molecular flexibility index (Phi) is 4.30. The number of benzene rings is 1. The van der Waals surface area contributed by atoms with Gasteiger partial charge in [0.25, 0.3) is 11.5 Å². The molecule has 22 heavy (non-hydrogen) atoms. The van der Waals surface area contributed by atoms with E-state index in [9.17, 15) is 27.9 Å². The van der Waals surface area contributed by atoms with E-state index in [4.69, 9.17) is 4.74 Å². The summed E-state index contributed by atoms with van der Waals surface area (Å²) in [4.78, 5) is 25.2. The smallest absolute Gasteiger partial charge is 0.358 e. The molecule has 1 aliphatic heterocycles. The summed E-state index contributed by atoms with van der Waals surface area (Å²) in [7, 11) is 0. The second-order valence-corrected chi connectivity index (χ2v) is 4.92. The Hall–Kier alpha value is -2.25. The van der Waals surface area contributed by atoms with Crippen LogP contribution in [-0.2, 0) is 9.59 Å². The molecule has 1 aromatic rings. The number of carbonyl (C=O) groups is 2. The highest BCUT2D eigenvalue weighted by Crippen LogP contribution is 2.31. The number of nitrogens with zero attached hydrogens (tertiary/aromatic N) is 1. The molecule has 1 atom stereocenters. The van der Waals surface area contributed by atoms with Crippen molar-refractivity contribution in [2.75, 3.05) is 13.1 Å². The molecule has 0 radical (unpaired) electrons. The Balaban J connectivity index is 2.41. The number of halogens is 3. The molecule has 0 spiro atoms. The summed E-state index contributed by atoms with van der Waals surface area (Å²) in [5.74, 6) is -7.64. The van der Waals surface area contributed by atoms with Gasteiger partial charge in [-0.15, -0.1) is 0 Å². The van der Waals surface area contributed by atoms with E-state index in [1.807, 2.05) is 0 Å². The average Bonchev–Trinajstić information content (AvgIpc) is 2.46. The molecule has 1 heterocycles. The number of aliphatic carboxylic acids is 1. The molecule has 1 aromatic carbocycles. The van der Waals surface area contributed by atoms with E-state index in [0.717, 1.165) is 0 Å². The summed E-state index contributed by atoms with van der Waals surface area (Å²) in [6.07, 6.45) is 0.219. The molecular weight excluding hydrogens is 303 g/mol. The zero-order chi connectivity index (χ0) is 16.5. The van der Waals surface area contributed by atoms with Crippen LogP contribution in [0.3, 0.4) is 0 Å². The van der Waals surface area contributed by atoms with Crippen molar-refractivity contribution in [3.05, 3.63) is 29.6 Å². The molecule has 2 rings (SSSR count). The minimum absolute atomic E-state index is 0.141. The van der Waals surface area contributed by atoms with Crippen molar-refractivity contribution in [2.45, 2.75) is 25.4 Å². The Morgan fingerprint density at radius 2 is 1.95 bits per heavy atom. The summed E-state index contributed by atoms with van der Waals surface area (Å²) in [5, 5.41) is 9.39. The van der Waals surface area contributed by atoms with E-state index < -0.39 is 40.7 Å². The first kappa shape index (κ1) is 16.1. The van der Waals surface area contributed by atoms with Gasteiger partial charge in [-0.3, -0.25) is 4.79 Å². The van der Waals surface area contributed by atoms with Gasteiger partial charge in [0.2, 0.25) is 0 Å². The lowest BCUT2D eigenvalue weighted by atomic mass is 9.91. The molecule has 0 saturated carbocycles. The number of carboxylic acid groups (broad SMARTS) is 1. The first-order valence-corrected chi connectivity index (χ1v) is 6.68. The number of amides is 1. The van der Waals surface area contributed by atoms with Crippen molar-refractivity contribution in [3.63, 3.8) is 0 Å². The van der Waals surface area contributed by atoms with Crippen LogP contribution in [0, 0.1) is 17.5 Å². The van der Waals surface area contributed by atoms with Crippen LogP contribution in [0.2, 0.25) is 0 Å². The molecule has 120 valence electrons. The zero-order valence-corrected chi connectivity index (χ0v) is 11.7. The largest absolute Gasteiger partial charge is 0.478 e. The number of carbonyl (C=O) groups excluding carboxylic acids is 1. The maximum Gasteiger partial charge on any atom is 0.358 e. The van der Waals surface area contributed by atoms with Crippen LogP contribution in [0.1, 0.15) is 19.8 Å². The molecule has 8 heteroatoms. The van der Waals surface area contributed by atoms with Gasteiger partial charge in [0.1, 0.15) is 5.75 Å². The molecule has 1 fully saturated rings. The van der Waals surface area contributed by atoms with Crippen molar-refractivity contribution in [3.8, 4) is 5.75 Å². The Morgan fingerprint density at radius 3 is 2.45 bits per heavy atom. The molecule has 5 nitrogen and oxygen atoms in total. The SMILES string of the molecule is CCN1CCC[C@](Oc2cc(F)c(F)c(F)c2)(C(=O)O)C1=O. The summed E-state index contributed by atoms with van der Waals surface area (Å²) in [6, 6.07) is 1.03. The van der Waals surface area contributed by atoms with Crippen molar-refractivity contribution in [1.82, 2.24) is 4.90 Å². The van der Waals surface area contributed by atoms with Crippen LogP contribution in [-0.4, -0.2) is 40.6 Å². The highest BCUT2D eigenvalue weighted by atomic mass is 19.2. The number of rotatable bonds is 4. The lowest BCUT2D eigenvalue weighted by Gasteiger charge is -2.38. The van der Waals surface area contributed by atoms with Gasteiger partial charge in [0, 0.05) is 31.6 Å². The lowest BCUT2D eigenvalue weighted by molar-refractivity contribution is -0.172. The second-order valence-electron chi connectivity index (χ2n) is 4.92. The quantitative estimate of drug-likeness (QED) is 0.681. The summed E-state index contributed by atoms with van der Waals surface area (Å²) in [5.41, 5.74) is -2.26. The molecule has 0 aromatic heterocycles. The minimum Gasteiger partial charge on any atom is -0.478 e. The summed E-state index contributed by atoms with van der Waals surface area (Å²) < 4.78 is 44.5. The Bertz CT molecular complexity index is 599. The fourth-order valence-electron chi connectivity index (χ4n) is 2.41. The van der Waals surface area contributed by atoms with Crippen LogP contribution >= 0.6 is 0 Å². The molecule has 1 N–H and O–H groups in total. The van der Waals surface area contributed by atoms with Gasteiger partial charge in [-0.25, -0.2) is 18.0 Å². The van der Waals surface area contributed by atoms with E-state index in [0.29, 0.717) is 25.1 Å². The highest BCUT2D eigenvalue weighted by Gasteiger charge is 2.53. The third-order valence-corrected chi connectivity index (χ3v) is 3.57. The maximum atomic E-state index is 13.2. The number of piperidine rings is 1. The molecule has 1 amide bonds. The standard InChI is InChI=1S/C14H14F3NO4/c1-2-18-5-3-4-14(12(18)19,13(20)21)22-8-6-9(15)11(17)10(16)7-8/h6-7H,2-5H2,1H3,(H,20,21)/t14-/m1/s1. The van der Waals surface area contributed by atoms with Crippen LogP contribution in [0.25, 0.3) is 0 Å². The van der Waals surface area contributed by atoms with Gasteiger partial charge in [-0.05, 0) is 13.3 Å². The fraction of sp³-hybridized carbons (Fsp3) is 0.429. The van der Waals surface area contributed by atoms with Crippen LogP contribution in [0.5, 0.6) is 5.75 Å². The van der Waals surface area contributed by atoms with E-state index in [1.165, 1.54) is 4.90 Å². The van der Waals surface area contributed by atoms with Gasteiger partial charge in [-0.2, -0.15) is 0 Å². The molecule has 0 unspecified atom stereocenters. The van der Waals surface area contributed by atoms with E-state index in [-0.39, 0.29) is 13.0 Å². The van der Waals surface area contributed by atoms with E-state index in [2.05, 4.69) is 0 Å². The van der Waals surface area contributed by atoms with Gasteiger partial charge < -0.3 is 14.7 Å². The van der Waals surface area contributed by atoms with Crippen molar-refractivity contribution < 1.29 is 32.6 Å². The molecular formula is C14H14F3NO4.